The van der Waals surface area contributed by atoms with Crippen molar-refractivity contribution in [1.29, 1.82) is 0 Å². The Labute approximate surface area is 125 Å². The average molecular weight is 335 g/mol. The Bertz CT molecular complexity index is 692. The highest BCUT2D eigenvalue weighted by Gasteiger charge is 2.28. The van der Waals surface area contributed by atoms with Crippen LogP contribution in [0.5, 0.6) is 0 Å². The Morgan fingerprint density at radius 3 is 2.85 bits per heavy atom. The minimum absolute atomic E-state index is 0.174. The number of amides is 1. The Morgan fingerprint density at radius 2 is 2.20 bits per heavy atom. The number of benzene rings is 1. The summed E-state index contributed by atoms with van der Waals surface area (Å²) in [5, 5.41) is 7.34. The molecule has 6 heteroatoms. The molecule has 0 bridgehead atoms. The van der Waals surface area contributed by atoms with Crippen molar-refractivity contribution in [3.8, 4) is 5.69 Å². The number of hydrogen-bond acceptors (Lipinski definition) is 3. The van der Waals surface area contributed by atoms with Gasteiger partial charge in [0, 0.05) is 21.9 Å². The van der Waals surface area contributed by atoms with Gasteiger partial charge >= 0.3 is 0 Å². The topological polar surface area (TPSA) is 72.9 Å². The van der Waals surface area contributed by atoms with Gasteiger partial charge in [-0.3, -0.25) is 4.79 Å². The quantitative estimate of drug-likeness (QED) is 0.886. The van der Waals surface area contributed by atoms with Gasteiger partial charge in [-0.05, 0) is 40.0 Å². The van der Waals surface area contributed by atoms with Gasteiger partial charge < -0.3 is 11.1 Å². The molecular formula is C14H15BrN4O. The van der Waals surface area contributed by atoms with Crippen LogP contribution in [0.4, 0.5) is 5.69 Å². The van der Waals surface area contributed by atoms with Crippen molar-refractivity contribution in [2.45, 2.75) is 25.8 Å². The van der Waals surface area contributed by atoms with E-state index in [9.17, 15) is 4.79 Å². The molecule has 5 nitrogen and oxygen atoms in total. The standard InChI is InChI=1S/C14H15BrN4O/c1-7(2)10-3-4-19(18-10)12-6-11-8(5-9(12)15)13(16)14(20)17-11/h3-7,13H,16H2,1-2H3,(H,17,20). The number of fused-ring (bicyclic) bond motifs is 1. The lowest BCUT2D eigenvalue weighted by Crippen LogP contribution is -2.19. The number of nitrogens with two attached hydrogens (primary N) is 1. The number of halogens is 1. The SMILES string of the molecule is CC(C)c1ccn(-c2cc3c(cc2Br)C(N)C(=O)N3)n1. The molecule has 20 heavy (non-hydrogen) atoms. The molecule has 3 rings (SSSR count). The molecule has 3 N–H and O–H groups in total. The van der Waals surface area contributed by atoms with Crippen LogP contribution in [-0.4, -0.2) is 15.7 Å². The molecule has 0 radical (unpaired) electrons. The van der Waals surface area contributed by atoms with E-state index in [1.165, 1.54) is 0 Å². The van der Waals surface area contributed by atoms with E-state index in [0.29, 0.717) is 5.92 Å². The lowest BCUT2D eigenvalue weighted by Gasteiger charge is -2.09. The third-order valence-corrected chi connectivity index (χ3v) is 4.08. The Hall–Kier alpha value is -1.66. The summed E-state index contributed by atoms with van der Waals surface area (Å²) in [7, 11) is 0. The summed E-state index contributed by atoms with van der Waals surface area (Å²) in [6.07, 6.45) is 1.92. The van der Waals surface area contributed by atoms with Gasteiger partial charge in [-0.1, -0.05) is 13.8 Å². The number of hydrogen-bond donors (Lipinski definition) is 2. The second-order valence-corrected chi connectivity index (χ2v) is 6.05. The minimum atomic E-state index is -0.598. The number of aromatic nitrogens is 2. The second kappa shape index (κ2) is 4.71. The van der Waals surface area contributed by atoms with Crippen LogP contribution in [0.3, 0.4) is 0 Å². The third-order valence-electron chi connectivity index (χ3n) is 3.44. The predicted octanol–water partition coefficient (Wildman–Crippen LogP) is 2.71. The van der Waals surface area contributed by atoms with Crippen molar-refractivity contribution in [3.63, 3.8) is 0 Å². The lowest BCUT2D eigenvalue weighted by atomic mass is 10.1. The zero-order chi connectivity index (χ0) is 14.4. The van der Waals surface area contributed by atoms with E-state index < -0.39 is 6.04 Å². The second-order valence-electron chi connectivity index (χ2n) is 5.20. The summed E-state index contributed by atoms with van der Waals surface area (Å²) in [6.45, 7) is 4.20. The first-order chi connectivity index (χ1) is 9.47. The largest absolute Gasteiger partial charge is 0.324 e. The molecule has 0 saturated carbocycles. The molecule has 0 aliphatic carbocycles. The zero-order valence-corrected chi connectivity index (χ0v) is 12.8. The first-order valence-electron chi connectivity index (χ1n) is 6.43. The average Bonchev–Trinajstić information content (AvgIpc) is 2.97. The van der Waals surface area contributed by atoms with Gasteiger partial charge in [-0.25, -0.2) is 4.68 Å². The van der Waals surface area contributed by atoms with E-state index in [4.69, 9.17) is 5.73 Å². The molecule has 1 aromatic carbocycles. The van der Waals surface area contributed by atoms with Gasteiger partial charge in [0.05, 0.1) is 11.4 Å². The van der Waals surface area contributed by atoms with E-state index in [1.807, 2.05) is 24.4 Å². The number of rotatable bonds is 2. The van der Waals surface area contributed by atoms with Gasteiger partial charge in [-0.15, -0.1) is 0 Å². The van der Waals surface area contributed by atoms with Crippen LogP contribution in [-0.2, 0) is 4.79 Å². The molecule has 1 atom stereocenters. The molecule has 0 spiro atoms. The molecule has 1 aliphatic rings. The van der Waals surface area contributed by atoms with Gasteiger partial charge in [0.2, 0.25) is 5.91 Å². The maximum atomic E-state index is 11.6. The highest BCUT2D eigenvalue weighted by atomic mass is 79.9. The first kappa shape index (κ1) is 13.3. The van der Waals surface area contributed by atoms with Crippen molar-refractivity contribution in [1.82, 2.24) is 9.78 Å². The minimum Gasteiger partial charge on any atom is -0.324 e. The molecule has 1 aromatic heterocycles. The summed E-state index contributed by atoms with van der Waals surface area (Å²) >= 11 is 3.52. The molecule has 1 unspecified atom stereocenters. The maximum absolute atomic E-state index is 11.6. The third kappa shape index (κ3) is 2.05. The Kier molecular flexibility index (Phi) is 3.14. The first-order valence-corrected chi connectivity index (χ1v) is 7.22. The highest BCUT2D eigenvalue weighted by molar-refractivity contribution is 9.10. The van der Waals surface area contributed by atoms with Crippen LogP contribution in [0, 0.1) is 0 Å². The van der Waals surface area contributed by atoms with Gasteiger partial charge in [0.1, 0.15) is 6.04 Å². The van der Waals surface area contributed by atoms with Crippen LogP contribution in [0.15, 0.2) is 28.9 Å². The van der Waals surface area contributed by atoms with Crippen LogP contribution in [0.25, 0.3) is 5.69 Å². The molecular weight excluding hydrogens is 320 g/mol. The fourth-order valence-electron chi connectivity index (χ4n) is 2.25. The van der Waals surface area contributed by atoms with Crippen molar-refractivity contribution in [3.05, 3.63) is 40.1 Å². The van der Waals surface area contributed by atoms with Crippen LogP contribution in [0.1, 0.15) is 37.1 Å². The van der Waals surface area contributed by atoms with E-state index in [-0.39, 0.29) is 5.91 Å². The Morgan fingerprint density at radius 1 is 1.45 bits per heavy atom. The fourth-order valence-corrected chi connectivity index (χ4v) is 2.79. The normalized spacial score (nSPS) is 17.4. The number of nitrogens with one attached hydrogen (secondary N) is 1. The summed E-state index contributed by atoms with van der Waals surface area (Å²) < 4.78 is 2.66. The molecule has 1 amide bonds. The zero-order valence-electron chi connectivity index (χ0n) is 11.2. The highest BCUT2D eigenvalue weighted by Crippen LogP contribution is 2.35. The summed E-state index contributed by atoms with van der Waals surface area (Å²) in [5.74, 6) is 0.199. The number of carbonyl (C=O) groups is 1. The predicted molar refractivity (Wildman–Crippen MR) is 80.9 cm³/mol. The summed E-state index contributed by atoms with van der Waals surface area (Å²) in [6, 6.07) is 5.17. The molecule has 0 fully saturated rings. The smallest absolute Gasteiger partial charge is 0.245 e. The summed E-state index contributed by atoms with van der Waals surface area (Å²) in [5.41, 5.74) is 9.30. The summed E-state index contributed by atoms with van der Waals surface area (Å²) in [4.78, 5) is 11.6. The Balaban J connectivity index is 2.07. The van der Waals surface area contributed by atoms with Crippen LogP contribution < -0.4 is 11.1 Å². The van der Waals surface area contributed by atoms with Crippen LogP contribution >= 0.6 is 15.9 Å². The number of nitrogens with zero attached hydrogens (tertiary/aromatic N) is 2. The van der Waals surface area contributed by atoms with E-state index in [1.54, 1.807) is 4.68 Å². The maximum Gasteiger partial charge on any atom is 0.245 e. The van der Waals surface area contributed by atoms with Crippen molar-refractivity contribution < 1.29 is 4.79 Å². The van der Waals surface area contributed by atoms with E-state index in [0.717, 1.165) is 27.1 Å². The van der Waals surface area contributed by atoms with Gasteiger partial charge in [0.15, 0.2) is 0 Å². The molecule has 2 heterocycles. The lowest BCUT2D eigenvalue weighted by molar-refractivity contribution is -0.116. The molecule has 2 aromatic rings. The molecule has 104 valence electrons. The monoisotopic (exact) mass is 334 g/mol. The van der Waals surface area contributed by atoms with E-state index in [2.05, 4.69) is 40.2 Å². The number of carbonyl (C=O) groups excluding carboxylic acids is 1. The van der Waals surface area contributed by atoms with E-state index >= 15 is 0 Å². The van der Waals surface area contributed by atoms with Gasteiger partial charge in [-0.2, -0.15) is 5.10 Å². The van der Waals surface area contributed by atoms with Gasteiger partial charge in [0.25, 0.3) is 0 Å². The molecule has 0 saturated heterocycles. The van der Waals surface area contributed by atoms with Crippen molar-refractivity contribution in [2.24, 2.45) is 5.73 Å². The number of anilines is 1. The molecule has 1 aliphatic heterocycles. The van der Waals surface area contributed by atoms with Crippen molar-refractivity contribution in [2.75, 3.05) is 5.32 Å². The fraction of sp³-hybridized carbons (Fsp3) is 0.286. The van der Waals surface area contributed by atoms with Crippen molar-refractivity contribution >= 4 is 27.5 Å². The van der Waals surface area contributed by atoms with Crippen LogP contribution in [0.2, 0.25) is 0 Å².